The molecule has 4 aromatic heterocycles. The third-order valence-corrected chi connectivity index (χ3v) is 13.4. The van der Waals surface area contributed by atoms with E-state index in [9.17, 15) is 63.1 Å². The number of nitrogens with one attached hydrogen (secondary N) is 1. The maximum atomic E-state index is 12.4. The molecular weight excluding hydrogens is 824 g/mol. The Hall–Kier alpha value is -3.18. The van der Waals surface area contributed by atoms with Crippen LogP contribution in [0.25, 0.3) is 22.3 Å². The second-order valence-corrected chi connectivity index (χ2v) is 17.4. The lowest BCUT2D eigenvalue weighted by Crippen LogP contribution is -2.33. The van der Waals surface area contributed by atoms with Gasteiger partial charge in [0.25, 0.3) is 5.56 Å². The number of phosphoric acid groups is 4. The number of aliphatic hydroxyl groups excluding tert-OH is 4. The largest absolute Gasteiger partial charge is 0.490 e. The minimum Gasteiger partial charge on any atom is -0.387 e. The molecule has 6 heterocycles. The molecule has 30 nitrogen and oxygen atoms in total. The zero-order valence-electron chi connectivity index (χ0n) is 26.3. The summed E-state index contributed by atoms with van der Waals surface area (Å²) in [4.78, 5) is 73.2. The Labute approximate surface area is 297 Å². The SMILES string of the molecule is Nc1nc2c(ncn2[C@@H]2O[C@H](COP(=O)(O)OP(=O)(O)OP(=O)(O)OP(=O)(O)OC[C@H]3O[C@@H](n4cnc5c(N)ncnc54)[C@@H](O)C3O)[C@H](O)C2O)c(=O)[nH]1. The number of rotatable bonds is 14. The fraction of sp³-hybridized carbons (Fsp3) is 0.500. The first-order valence-corrected chi connectivity index (χ1v) is 20.5. The summed E-state index contributed by atoms with van der Waals surface area (Å²) >= 11 is 0. The fourth-order valence-electron chi connectivity index (χ4n) is 5.18. The molecular formula is C20H28N10O20P4. The molecule has 6 rings (SSSR count). The summed E-state index contributed by atoms with van der Waals surface area (Å²) in [5.74, 6) is -0.354. The van der Waals surface area contributed by atoms with E-state index in [0.29, 0.717) is 0 Å². The third kappa shape index (κ3) is 8.47. The van der Waals surface area contributed by atoms with Gasteiger partial charge in [-0.3, -0.25) is 28.0 Å². The van der Waals surface area contributed by atoms with E-state index in [1.807, 2.05) is 0 Å². The van der Waals surface area contributed by atoms with E-state index in [1.165, 1.54) is 0 Å². The standard InChI is InChI=1S/C20H28N10O20P4/c21-14-8-15(24-3-23-14)29(4-25-8)18-12(33)10(31)6(46-18)1-44-51(36,37)48-53(40,41)50-54(42,43)49-52(38,39)45-2-7-11(32)13(34)19(47-7)30-5-26-9-16(30)27-20(22)28-17(9)35/h3-7,10-13,18-19,31-34H,1-2H2,(H,36,37)(H,38,39)(H,40,41)(H,42,43)(H2,21,23,24)(H3,22,27,28,35)/t6-,7-,10?,11+,12+,13?,18-,19-/m1/s1. The molecule has 54 heavy (non-hydrogen) atoms. The van der Waals surface area contributed by atoms with Crippen LogP contribution in [0.4, 0.5) is 11.8 Å². The molecule has 2 saturated heterocycles. The fourth-order valence-corrected chi connectivity index (χ4v) is 10.1. The topological polar surface area (TPSA) is 454 Å². The van der Waals surface area contributed by atoms with Crippen molar-refractivity contribution in [1.82, 2.24) is 39.0 Å². The van der Waals surface area contributed by atoms with Crippen molar-refractivity contribution in [1.29, 1.82) is 0 Å². The molecule has 12 atom stereocenters. The molecule has 0 saturated carbocycles. The van der Waals surface area contributed by atoms with Crippen LogP contribution in [0.3, 0.4) is 0 Å². The third-order valence-electron chi connectivity index (χ3n) is 7.48. The van der Waals surface area contributed by atoms with Gasteiger partial charge in [0.05, 0.1) is 25.9 Å². The Balaban J connectivity index is 1.02. The van der Waals surface area contributed by atoms with Gasteiger partial charge in [-0.25, -0.2) is 38.2 Å². The predicted octanol–water partition coefficient (Wildman–Crippen LogP) is -3.15. The maximum absolute atomic E-state index is 12.4. The Bertz CT molecular complexity index is 2310. The van der Waals surface area contributed by atoms with Crippen LogP contribution in [0.15, 0.2) is 23.8 Å². The normalized spacial score (nSPS) is 30.6. The summed E-state index contributed by atoms with van der Waals surface area (Å²) in [7, 11) is -24.0. The number of hydrogen-bond acceptors (Lipinski definition) is 23. The van der Waals surface area contributed by atoms with Crippen molar-refractivity contribution in [2.75, 3.05) is 24.7 Å². The molecule has 0 spiro atoms. The molecule has 0 amide bonds. The number of nitrogen functional groups attached to an aromatic ring is 2. The first kappa shape index (κ1) is 40.5. The summed E-state index contributed by atoms with van der Waals surface area (Å²) < 4.78 is 83.2. The minimum atomic E-state index is -6.22. The lowest BCUT2D eigenvalue weighted by atomic mass is 10.1. The molecule has 2 aliphatic rings. The number of anilines is 2. The smallest absolute Gasteiger partial charge is 0.387 e. The minimum absolute atomic E-state index is 0.0208. The van der Waals surface area contributed by atoms with Crippen molar-refractivity contribution in [3.05, 3.63) is 29.3 Å². The lowest BCUT2D eigenvalue weighted by molar-refractivity contribution is -0.0505. The molecule has 0 bridgehead atoms. The number of nitrogens with zero attached hydrogens (tertiary/aromatic N) is 7. The quantitative estimate of drug-likeness (QED) is 0.0558. The Kier molecular flexibility index (Phi) is 11.0. The summed E-state index contributed by atoms with van der Waals surface area (Å²) in [5.41, 5.74) is 10.3. The van der Waals surface area contributed by atoms with E-state index in [0.717, 1.165) is 28.1 Å². The Morgan fingerprint density at radius 3 is 1.67 bits per heavy atom. The number of imidazole rings is 2. The number of aromatic amines is 1. The van der Waals surface area contributed by atoms with Gasteiger partial charge in [0.1, 0.15) is 48.5 Å². The molecule has 4 aromatic rings. The molecule has 2 aliphatic heterocycles. The zero-order chi connectivity index (χ0) is 39.5. The van der Waals surface area contributed by atoms with Crippen LogP contribution in [-0.4, -0.2) is 129 Å². The molecule has 298 valence electrons. The van der Waals surface area contributed by atoms with Gasteiger partial charge in [-0.15, -0.1) is 0 Å². The van der Waals surface area contributed by atoms with Crippen molar-refractivity contribution >= 4 is 65.4 Å². The number of fused-ring (bicyclic) bond motifs is 2. The second kappa shape index (κ2) is 14.7. The van der Waals surface area contributed by atoms with Crippen LogP contribution in [-0.2, 0) is 49.7 Å². The Morgan fingerprint density at radius 1 is 0.685 bits per heavy atom. The van der Waals surface area contributed by atoms with Crippen molar-refractivity contribution in [3.63, 3.8) is 0 Å². The summed E-state index contributed by atoms with van der Waals surface area (Å²) in [5, 5.41) is 41.8. The van der Waals surface area contributed by atoms with Crippen LogP contribution in [0.1, 0.15) is 12.5 Å². The second-order valence-electron chi connectivity index (χ2n) is 11.2. The highest BCUT2D eigenvalue weighted by molar-refractivity contribution is 7.69. The van der Waals surface area contributed by atoms with E-state index in [2.05, 4.69) is 51.9 Å². The Morgan fingerprint density at radius 2 is 1.15 bits per heavy atom. The number of aliphatic hydroxyl groups is 4. The molecule has 13 N–H and O–H groups in total. The highest BCUT2D eigenvalue weighted by atomic mass is 31.3. The maximum Gasteiger partial charge on any atom is 0.490 e. The number of nitrogens with two attached hydrogens (primary N) is 2. The number of hydrogen-bond donors (Lipinski definition) is 11. The van der Waals surface area contributed by atoms with Gasteiger partial charge in [-0.2, -0.15) is 17.9 Å². The average molecular weight is 852 g/mol. The summed E-state index contributed by atoms with van der Waals surface area (Å²) in [6.07, 6.45) is -10.2. The molecule has 2 fully saturated rings. The van der Waals surface area contributed by atoms with Crippen molar-refractivity contribution in [3.8, 4) is 0 Å². The van der Waals surface area contributed by atoms with Crippen LogP contribution in [0.2, 0.25) is 0 Å². The molecule has 6 unspecified atom stereocenters. The van der Waals surface area contributed by atoms with E-state index >= 15 is 0 Å². The van der Waals surface area contributed by atoms with Gasteiger partial charge < -0.3 is 60.9 Å². The zero-order valence-corrected chi connectivity index (χ0v) is 29.9. The number of ether oxygens (including phenoxy) is 2. The van der Waals surface area contributed by atoms with Crippen molar-refractivity contribution in [2.45, 2.75) is 49.1 Å². The van der Waals surface area contributed by atoms with E-state index in [-0.39, 0.29) is 34.1 Å². The van der Waals surface area contributed by atoms with Crippen LogP contribution in [0, 0.1) is 0 Å². The molecule has 0 aromatic carbocycles. The summed E-state index contributed by atoms with van der Waals surface area (Å²) in [6.45, 7) is -2.29. The van der Waals surface area contributed by atoms with Crippen molar-refractivity contribution in [2.24, 2.45) is 0 Å². The van der Waals surface area contributed by atoms with E-state index in [1.54, 1.807) is 0 Å². The van der Waals surface area contributed by atoms with Crippen LogP contribution < -0.4 is 17.0 Å². The van der Waals surface area contributed by atoms with Gasteiger partial charge in [0.2, 0.25) is 5.95 Å². The molecule has 0 aliphatic carbocycles. The van der Waals surface area contributed by atoms with Crippen molar-refractivity contribution < 1.29 is 89.7 Å². The summed E-state index contributed by atoms with van der Waals surface area (Å²) in [6, 6.07) is 0. The van der Waals surface area contributed by atoms with Gasteiger partial charge in [0, 0.05) is 0 Å². The highest BCUT2D eigenvalue weighted by Crippen LogP contribution is 2.71. The number of phosphoric ester groups is 2. The average Bonchev–Trinajstić information content (AvgIpc) is 3.79. The monoisotopic (exact) mass is 852 g/mol. The van der Waals surface area contributed by atoms with E-state index in [4.69, 9.17) is 20.9 Å². The number of H-pyrrole nitrogens is 1. The van der Waals surface area contributed by atoms with Gasteiger partial charge >= 0.3 is 31.3 Å². The first-order chi connectivity index (χ1) is 25.1. The van der Waals surface area contributed by atoms with Crippen LogP contribution in [0.5, 0.6) is 0 Å². The number of aromatic nitrogens is 8. The van der Waals surface area contributed by atoms with Gasteiger partial charge in [0.15, 0.2) is 35.1 Å². The lowest BCUT2D eigenvalue weighted by Gasteiger charge is -2.21. The predicted molar refractivity (Wildman–Crippen MR) is 169 cm³/mol. The van der Waals surface area contributed by atoms with Crippen LogP contribution >= 0.6 is 31.3 Å². The van der Waals surface area contributed by atoms with E-state index < -0.39 is 99.1 Å². The first-order valence-electron chi connectivity index (χ1n) is 14.5. The molecule has 34 heteroatoms. The van der Waals surface area contributed by atoms with Gasteiger partial charge in [-0.1, -0.05) is 0 Å². The molecule has 0 radical (unpaired) electrons. The highest BCUT2D eigenvalue weighted by Gasteiger charge is 2.50. The van der Waals surface area contributed by atoms with Gasteiger partial charge in [-0.05, 0) is 0 Å².